The Labute approximate surface area is 179 Å². The van der Waals surface area contributed by atoms with Crippen molar-refractivity contribution in [2.24, 2.45) is 0 Å². The molecule has 31 heavy (non-hydrogen) atoms. The number of carbonyl (C=O) groups is 1. The van der Waals surface area contributed by atoms with Crippen LogP contribution in [0, 0.1) is 0 Å². The molecule has 0 aliphatic rings. The van der Waals surface area contributed by atoms with Crippen LogP contribution in [-0.4, -0.2) is 30.2 Å². The summed E-state index contributed by atoms with van der Waals surface area (Å²) < 4.78 is 3.93. The number of benzene rings is 2. The summed E-state index contributed by atoms with van der Waals surface area (Å²) in [6.45, 7) is 0. The van der Waals surface area contributed by atoms with Gasteiger partial charge in [0, 0.05) is 24.2 Å². The average Bonchev–Trinajstić information content (AvgIpc) is 3.48. The smallest absolute Gasteiger partial charge is 0.335 e. The Morgan fingerprint density at radius 3 is 2.52 bits per heavy atom. The van der Waals surface area contributed by atoms with Gasteiger partial charge in [0.05, 0.1) is 23.1 Å². The van der Waals surface area contributed by atoms with Gasteiger partial charge in [-0.25, -0.2) is 14.5 Å². The van der Waals surface area contributed by atoms with Crippen LogP contribution < -0.4 is 0 Å². The number of aromatic nitrogens is 4. The Hall–Kier alpha value is -4.19. The number of rotatable bonds is 6. The number of hydrogen-bond donors (Lipinski definition) is 1. The molecule has 1 N–H and O–H groups in total. The van der Waals surface area contributed by atoms with E-state index in [0.29, 0.717) is 5.56 Å². The minimum absolute atomic E-state index is 0.312. The molecular weight excluding hydrogens is 388 g/mol. The van der Waals surface area contributed by atoms with Crippen LogP contribution in [-0.2, 0) is 12.8 Å². The summed E-state index contributed by atoms with van der Waals surface area (Å²) in [5.74, 6) is -0.901. The first-order valence-electron chi connectivity index (χ1n) is 10.1. The molecule has 0 aliphatic heterocycles. The van der Waals surface area contributed by atoms with Crippen LogP contribution in [0.1, 0.15) is 21.5 Å². The Morgan fingerprint density at radius 2 is 1.74 bits per heavy atom. The van der Waals surface area contributed by atoms with Crippen LogP contribution >= 0.6 is 0 Å². The molecule has 0 unspecified atom stereocenters. The molecule has 2 aromatic carbocycles. The van der Waals surface area contributed by atoms with Gasteiger partial charge in [0.15, 0.2) is 0 Å². The molecule has 0 spiro atoms. The quantitative estimate of drug-likeness (QED) is 0.443. The van der Waals surface area contributed by atoms with E-state index in [1.54, 1.807) is 18.3 Å². The summed E-state index contributed by atoms with van der Waals surface area (Å²) in [7, 11) is 0. The maximum atomic E-state index is 11.0. The van der Waals surface area contributed by atoms with E-state index in [1.807, 2.05) is 47.4 Å². The number of carboxylic acids is 1. The molecule has 6 nitrogen and oxygen atoms in total. The number of hydrogen-bond acceptors (Lipinski definition) is 3. The second kappa shape index (κ2) is 7.91. The lowest BCUT2D eigenvalue weighted by Crippen LogP contribution is -1.98. The first-order valence-corrected chi connectivity index (χ1v) is 10.1. The second-order valence-electron chi connectivity index (χ2n) is 7.41. The fourth-order valence-corrected chi connectivity index (χ4v) is 3.72. The third-order valence-electron chi connectivity index (χ3n) is 5.39. The van der Waals surface area contributed by atoms with E-state index in [0.717, 1.165) is 41.0 Å². The predicted molar refractivity (Wildman–Crippen MR) is 119 cm³/mol. The zero-order chi connectivity index (χ0) is 21.2. The van der Waals surface area contributed by atoms with Gasteiger partial charge in [-0.15, -0.1) is 0 Å². The Kier molecular flexibility index (Phi) is 4.80. The van der Waals surface area contributed by atoms with Crippen molar-refractivity contribution in [1.29, 1.82) is 0 Å². The highest BCUT2D eigenvalue weighted by molar-refractivity contribution is 5.87. The number of carboxylic acid groups (broad SMARTS) is 1. The molecule has 0 bridgehead atoms. The molecular formula is C25H20N4O2. The molecule has 0 atom stereocenters. The van der Waals surface area contributed by atoms with Gasteiger partial charge < -0.3 is 5.11 Å². The van der Waals surface area contributed by atoms with Crippen molar-refractivity contribution >= 4 is 11.6 Å². The molecule has 0 radical (unpaired) electrons. The van der Waals surface area contributed by atoms with E-state index in [9.17, 15) is 4.79 Å². The van der Waals surface area contributed by atoms with Gasteiger partial charge in [-0.1, -0.05) is 24.3 Å². The number of imidazole rings is 1. The van der Waals surface area contributed by atoms with Crippen LogP contribution in [0.5, 0.6) is 0 Å². The van der Waals surface area contributed by atoms with Crippen LogP contribution in [0.25, 0.3) is 22.6 Å². The minimum Gasteiger partial charge on any atom is -0.478 e. The third kappa shape index (κ3) is 3.83. The molecule has 0 aliphatic carbocycles. The summed E-state index contributed by atoms with van der Waals surface area (Å²) in [5.41, 5.74) is 6.63. The van der Waals surface area contributed by atoms with Crippen LogP contribution in [0.3, 0.4) is 0 Å². The first kappa shape index (κ1) is 18.8. The maximum absolute atomic E-state index is 11.0. The lowest BCUT2D eigenvalue weighted by molar-refractivity contribution is 0.0697. The number of aryl methyl sites for hydroxylation is 2. The maximum Gasteiger partial charge on any atom is 0.335 e. The zero-order valence-corrected chi connectivity index (χ0v) is 16.7. The summed E-state index contributed by atoms with van der Waals surface area (Å²) in [5, 5.41) is 13.3. The first-order chi connectivity index (χ1) is 15.2. The highest BCUT2D eigenvalue weighted by Crippen LogP contribution is 2.24. The van der Waals surface area contributed by atoms with E-state index in [1.165, 1.54) is 5.56 Å². The average molecular weight is 408 g/mol. The van der Waals surface area contributed by atoms with Crippen molar-refractivity contribution in [3.63, 3.8) is 0 Å². The summed E-state index contributed by atoms with van der Waals surface area (Å²) in [6, 6.07) is 21.4. The molecule has 0 saturated heterocycles. The molecule has 0 saturated carbocycles. The van der Waals surface area contributed by atoms with Crippen molar-refractivity contribution in [3.8, 4) is 16.9 Å². The minimum atomic E-state index is -0.901. The molecule has 0 fully saturated rings. The standard InChI is InChI=1S/C25H20N4O2/c30-25(31)20-9-7-18(8-10-20)5-6-19-11-14-28-23(17-26-24(28)15-19)21-3-1-4-22(16-21)29-13-2-12-27-29/h1-4,7-17H,5-6H2,(H,30,31). The zero-order valence-electron chi connectivity index (χ0n) is 16.7. The summed E-state index contributed by atoms with van der Waals surface area (Å²) >= 11 is 0. The van der Waals surface area contributed by atoms with Crippen LogP contribution in [0.2, 0.25) is 0 Å². The second-order valence-corrected chi connectivity index (χ2v) is 7.41. The van der Waals surface area contributed by atoms with E-state index < -0.39 is 5.97 Å². The van der Waals surface area contributed by atoms with Gasteiger partial charge in [-0.3, -0.25) is 4.40 Å². The van der Waals surface area contributed by atoms with E-state index in [4.69, 9.17) is 5.11 Å². The Bertz CT molecular complexity index is 1350. The molecule has 5 aromatic rings. The van der Waals surface area contributed by atoms with Crippen molar-refractivity contribution in [3.05, 3.63) is 108 Å². The van der Waals surface area contributed by atoms with Crippen LogP contribution in [0.15, 0.2) is 91.5 Å². The number of pyridine rings is 1. The molecule has 3 heterocycles. The van der Waals surface area contributed by atoms with Crippen LogP contribution in [0.4, 0.5) is 0 Å². The monoisotopic (exact) mass is 408 g/mol. The molecule has 152 valence electrons. The van der Waals surface area contributed by atoms with Gasteiger partial charge >= 0.3 is 5.97 Å². The fourth-order valence-electron chi connectivity index (χ4n) is 3.72. The van der Waals surface area contributed by atoms with Crippen molar-refractivity contribution in [2.45, 2.75) is 12.8 Å². The normalized spacial score (nSPS) is 11.1. The van der Waals surface area contributed by atoms with Gasteiger partial charge in [0.2, 0.25) is 0 Å². The van der Waals surface area contributed by atoms with Gasteiger partial charge in [0.1, 0.15) is 5.65 Å². The van der Waals surface area contributed by atoms with E-state index >= 15 is 0 Å². The highest BCUT2D eigenvalue weighted by Gasteiger charge is 2.09. The SMILES string of the molecule is O=C(O)c1ccc(CCc2ccn3c(-c4cccc(-n5cccn5)c4)cnc3c2)cc1. The topological polar surface area (TPSA) is 72.4 Å². The van der Waals surface area contributed by atoms with Gasteiger partial charge in [-0.2, -0.15) is 5.10 Å². The third-order valence-corrected chi connectivity index (χ3v) is 5.39. The summed E-state index contributed by atoms with van der Waals surface area (Å²) in [6.07, 6.45) is 9.35. The Morgan fingerprint density at radius 1 is 0.903 bits per heavy atom. The number of fused-ring (bicyclic) bond motifs is 1. The largest absolute Gasteiger partial charge is 0.478 e. The molecule has 5 rings (SSSR count). The van der Waals surface area contributed by atoms with Crippen molar-refractivity contribution in [1.82, 2.24) is 19.2 Å². The van der Waals surface area contributed by atoms with Crippen molar-refractivity contribution in [2.75, 3.05) is 0 Å². The number of nitrogens with zero attached hydrogens (tertiary/aromatic N) is 4. The van der Waals surface area contributed by atoms with Gasteiger partial charge in [-0.05, 0) is 66.4 Å². The predicted octanol–water partition coefficient (Wildman–Crippen LogP) is 4.67. The van der Waals surface area contributed by atoms with E-state index in [2.05, 4.69) is 44.9 Å². The lowest BCUT2D eigenvalue weighted by atomic mass is 10.0. The number of aromatic carboxylic acids is 1. The molecule has 0 amide bonds. The Balaban J connectivity index is 1.37. The summed E-state index contributed by atoms with van der Waals surface area (Å²) in [4.78, 5) is 15.6. The van der Waals surface area contributed by atoms with Crippen molar-refractivity contribution < 1.29 is 9.90 Å². The van der Waals surface area contributed by atoms with E-state index in [-0.39, 0.29) is 0 Å². The molecule has 6 heteroatoms. The lowest BCUT2D eigenvalue weighted by Gasteiger charge is -2.07. The van der Waals surface area contributed by atoms with Gasteiger partial charge in [0.25, 0.3) is 0 Å². The molecule has 3 aromatic heterocycles. The fraction of sp³-hybridized carbons (Fsp3) is 0.0800. The highest BCUT2D eigenvalue weighted by atomic mass is 16.4.